The van der Waals surface area contributed by atoms with E-state index in [9.17, 15) is 9.59 Å². The maximum Gasteiger partial charge on any atom is 0.333 e. The van der Waals surface area contributed by atoms with Crippen molar-refractivity contribution in [3.8, 4) is 0 Å². The number of esters is 1. The molecule has 1 amide bonds. The van der Waals surface area contributed by atoms with E-state index < -0.39 is 0 Å². The highest BCUT2D eigenvalue weighted by atomic mass is 16.6. The molecule has 2 fully saturated rings. The fourth-order valence-electron chi connectivity index (χ4n) is 3.57. The monoisotopic (exact) mass is 323 g/mol. The quantitative estimate of drug-likeness (QED) is 0.624. The molecule has 6 heteroatoms. The SMILES string of the molecule is CCC1CCC(=O)N[C@@H]2[C@@H](CC3CO3)CC(C(=O)OC)=C[C@H]2O1. The van der Waals surface area contributed by atoms with Gasteiger partial charge in [-0.3, -0.25) is 4.79 Å². The summed E-state index contributed by atoms with van der Waals surface area (Å²) >= 11 is 0. The van der Waals surface area contributed by atoms with Crippen LogP contribution in [0.3, 0.4) is 0 Å². The third kappa shape index (κ3) is 3.93. The van der Waals surface area contributed by atoms with Crippen molar-refractivity contribution in [1.29, 1.82) is 0 Å². The first kappa shape index (κ1) is 16.5. The number of methoxy groups -OCH3 is 1. The summed E-state index contributed by atoms with van der Waals surface area (Å²) < 4.78 is 16.4. The van der Waals surface area contributed by atoms with Gasteiger partial charge in [0.25, 0.3) is 0 Å². The first-order valence-corrected chi connectivity index (χ1v) is 8.46. The summed E-state index contributed by atoms with van der Waals surface area (Å²) in [5.74, 6) is -0.111. The standard InChI is InChI=1S/C17H25NO5/c1-3-12-4-5-15(19)18-16-10(7-13-9-22-13)6-11(17(20)21-2)8-14(16)23-12/h8,10,12-14,16H,3-7,9H2,1-2H3,(H,18,19)/t10-,12?,13?,14-,16-/m1/s1. The van der Waals surface area contributed by atoms with Gasteiger partial charge in [0, 0.05) is 12.0 Å². The Labute approximate surface area is 136 Å². The van der Waals surface area contributed by atoms with E-state index >= 15 is 0 Å². The normalized spacial score (nSPS) is 36.9. The average molecular weight is 323 g/mol. The first-order chi connectivity index (χ1) is 11.1. The van der Waals surface area contributed by atoms with Crippen LogP contribution in [0.25, 0.3) is 0 Å². The van der Waals surface area contributed by atoms with Gasteiger partial charge < -0.3 is 19.5 Å². The van der Waals surface area contributed by atoms with Crippen molar-refractivity contribution in [2.24, 2.45) is 5.92 Å². The Balaban J connectivity index is 1.85. The highest BCUT2D eigenvalue weighted by molar-refractivity contribution is 5.89. The minimum absolute atomic E-state index is 0.0413. The summed E-state index contributed by atoms with van der Waals surface area (Å²) in [6.07, 6.45) is 5.32. The largest absolute Gasteiger partial charge is 0.466 e. The van der Waals surface area contributed by atoms with Crippen molar-refractivity contribution in [2.45, 2.75) is 63.4 Å². The van der Waals surface area contributed by atoms with Gasteiger partial charge in [-0.05, 0) is 37.7 Å². The number of amides is 1. The van der Waals surface area contributed by atoms with Crippen molar-refractivity contribution >= 4 is 11.9 Å². The average Bonchev–Trinajstić information content (AvgIpc) is 3.34. The van der Waals surface area contributed by atoms with Crippen molar-refractivity contribution < 1.29 is 23.8 Å². The molecule has 0 bridgehead atoms. The Morgan fingerprint density at radius 1 is 1.43 bits per heavy atom. The number of hydrogen-bond donors (Lipinski definition) is 1. The summed E-state index contributed by atoms with van der Waals surface area (Å²) in [5.41, 5.74) is 0.643. The molecule has 2 aliphatic heterocycles. The number of carbonyl (C=O) groups is 2. The third-order valence-electron chi connectivity index (χ3n) is 4.95. The van der Waals surface area contributed by atoms with Gasteiger partial charge in [0.15, 0.2) is 0 Å². The number of hydrogen-bond acceptors (Lipinski definition) is 5. The van der Waals surface area contributed by atoms with E-state index in [0.29, 0.717) is 24.8 Å². The zero-order valence-corrected chi connectivity index (χ0v) is 13.7. The molecule has 3 aliphatic rings. The summed E-state index contributed by atoms with van der Waals surface area (Å²) in [6, 6.07) is -0.102. The minimum atomic E-state index is -0.310. The van der Waals surface area contributed by atoms with Crippen LogP contribution in [0.5, 0.6) is 0 Å². The van der Waals surface area contributed by atoms with E-state index in [-0.39, 0.29) is 42.1 Å². The van der Waals surface area contributed by atoms with Crippen LogP contribution in [0.15, 0.2) is 11.6 Å². The fourth-order valence-corrected chi connectivity index (χ4v) is 3.57. The van der Waals surface area contributed by atoms with Crippen LogP contribution in [-0.2, 0) is 23.8 Å². The van der Waals surface area contributed by atoms with Crippen LogP contribution in [0, 0.1) is 5.92 Å². The Morgan fingerprint density at radius 2 is 2.22 bits per heavy atom. The number of fused-ring (bicyclic) bond motifs is 1. The smallest absolute Gasteiger partial charge is 0.333 e. The third-order valence-corrected chi connectivity index (χ3v) is 4.95. The highest BCUT2D eigenvalue weighted by Crippen LogP contribution is 2.35. The van der Waals surface area contributed by atoms with Crippen molar-refractivity contribution in [1.82, 2.24) is 5.32 Å². The maximum absolute atomic E-state index is 12.2. The van der Waals surface area contributed by atoms with Crippen molar-refractivity contribution in [3.05, 3.63) is 11.6 Å². The second-order valence-corrected chi connectivity index (χ2v) is 6.60. The first-order valence-electron chi connectivity index (χ1n) is 8.46. The molecule has 0 aromatic heterocycles. The zero-order valence-electron chi connectivity index (χ0n) is 13.7. The predicted octanol–water partition coefficient (Wildman–Crippen LogP) is 1.34. The minimum Gasteiger partial charge on any atom is -0.466 e. The lowest BCUT2D eigenvalue weighted by Crippen LogP contribution is -2.53. The topological polar surface area (TPSA) is 77.2 Å². The Bertz CT molecular complexity index is 499. The van der Waals surface area contributed by atoms with E-state index in [4.69, 9.17) is 14.2 Å². The fraction of sp³-hybridized carbons (Fsp3) is 0.765. The van der Waals surface area contributed by atoms with Gasteiger partial charge in [-0.15, -0.1) is 0 Å². The molecule has 2 heterocycles. The molecule has 1 N–H and O–H groups in total. The molecule has 0 aromatic carbocycles. The summed E-state index contributed by atoms with van der Waals surface area (Å²) in [5, 5.41) is 3.11. The molecule has 6 nitrogen and oxygen atoms in total. The van der Waals surface area contributed by atoms with Crippen molar-refractivity contribution in [2.75, 3.05) is 13.7 Å². The van der Waals surface area contributed by atoms with Crippen LogP contribution in [0.4, 0.5) is 0 Å². The summed E-state index contributed by atoms with van der Waals surface area (Å²) in [4.78, 5) is 24.2. The highest BCUT2D eigenvalue weighted by Gasteiger charge is 2.41. The second-order valence-electron chi connectivity index (χ2n) is 6.60. The molecular formula is C17H25NO5. The second kappa shape index (κ2) is 7.01. The maximum atomic E-state index is 12.2. The number of rotatable bonds is 4. The number of carbonyl (C=O) groups excluding carboxylic acids is 2. The van der Waals surface area contributed by atoms with Crippen LogP contribution in [0.2, 0.25) is 0 Å². The molecule has 0 saturated carbocycles. The van der Waals surface area contributed by atoms with Crippen LogP contribution in [-0.4, -0.2) is 49.9 Å². The molecule has 0 radical (unpaired) electrons. The molecule has 5 atom stereocenters. The van der Waals surface area contributed by atoms with Gasteiger partial charge in [0.2, 0.25) is 5.91 Å². The lowest BCUT2D eigenvalue weighted by molar-refractivity contribution is -0.137. The molecule has 128 valence electrons. The lowest BCUT2D eigenvalue weighted by Gasteiger charge is -2.40. The summed E-state index contributed by atoms with van der Waals surface area (Å²) in [6.45, 7) is 2.82. The van der Waals surface area contributed by atoms with Gasteiger partial charge in [0.05, 0.1) is 38.1 Å². The van der Waals surface area contributed by atoms with Crippen LogP contribution >= 0.6 is 0 Å². The zero-order chi connectivity index (χ0) is 16.4. The molecule has 1 aliphatic carbocycles. The van der Waals surface area contributed by atoms with Gasteiger partial charge in [-0.1, -0.05) is 6.92 Å². The number of nitrogens with one attached hydrogen (secondary N) is 1. The van der Waals surface area contributed by atoms with Crippen molar-refractivity contribution in [3.63, 3.8) is 0 Å². The molecule has 3 rings (SSSR count). The van der Waals surface area contributed by atoms with E-state index in [1.54, 1.807) is 0 Å². The van der Waals surface area contributed by atoms with Gasteiger partial charge in [-0.25, -0.2) is 4.79 Å². The molecule has 2 saturated heterocycles. The van der Waals surface area contributed by atoms with E-state index in [0.717, 1.165) is 19.4 Å². The Kier molecular flexibility index (Phi) is 5.02. The van der Waals surface area contributed by atoms with E-state index in [1.165, 1.54) is 7.11 Å². The molecule has 0 spiro atoms. The van der Waals surface area contributed by atoms with E-state index in [2.05, 4.69) is 12.2 Å². The number of ether oxygens (including phenoxy) is 3. The van der Waals surface area contributed by atoms with Crippen LogP contribution in [0.1, 0.15) is 39.0 Å². The van der Waals surface area contributed by atoms with Gasteiger partial charge in [0.1, 0.15) is 0 Å². The molecule has 23 heavy (non-hydrogen) atoms. The molecule has 2 unspecified atom stereocenters. The Hall–Kier alpha value is -1.40. The van der Waals surface area contributed by atoms with Gasteiger partial charge in [-0.2, -0.15) is 0 Å². The number of epoxide rings is 1. The lowest BCUT2D eigenvalue weighted by atomic mass is 9.79. The molecular weight excluding hydrogens is 298 g/mol. The summed E-state index contributed by atoms with van der Waals surface area (Å²) in [7, 11) is 1.39. The van der Waals surface area contributed by atoms with Crippen LogP contribution < -0.4 is 5.32 Å². The van der Waals surface area contributed by atoms with E-state index in [1.807, 2.05) is 6.08 Å². The predicted molar refractivity (Wildman–Crippen MR) is 82.7 cm³/mol. The Morgan fingerprint density at radius 3 is 2.87 bits per heavy atom. The molecule has 0 aromatic rings. The van der Waals surface area contributed by atoms with Gasteiger partial charge >= 0.3 is 5.97 Å².